The second-order valence-corrected chi connectivity index (χ2v) is 7.03. The van der Waals surface area contributed by atoms with E-state index in [2.05, 4.69) is 5.10 Å². The van der Waals surface area contributed by atoms with E-state index in [1.54, 1.807) is 18.4 Å². The van der Waals surface area contributed by atoms with E-state index in [0.29, 0.717) is 12.2 Å². The highest BCUT2D eigenvalue weighted by Crippen LogP contribution is 2.34. The van der Waals surface area contributed by atoms with Gasteiger partial charge in [-0.1, -0.05) is 29.8 Å². The number of hydrogen-bond donors (Lipinski definition) is 0. The number of hydrazone groups is 1. The molecular formula is C15H16N2O3S. The Bertz CT molecular complexity index is 779. The summed E-state index contributed by atoms with van der Waals surface area (Å²) >= 11 is 0. The molecule has 0 unspecified atom stereocenters. The van der Waals surface area contributed by atoms with Gasteiger partial charge in [-0.2, -0.15) is 9.52 Å². The van der Waals surface area contributed by atoms with Crippen molar-refractivity contribution >= 4 is 15.7 Å². The summed E-state index contributed by atoms with van der Waals surface area (Å²) in [6.45, 7) is 2.00. The van der Waals surface area contributed by atoms with E-state index in [1.165, 1.54) is 0 Å². The Morgan fingerprint density at radius 1 is 1.29 bits per heavy atom. The molecule has 2 heterocycles. The SMILES string of the molecule is Cc1cccc(C2=NN(S(C)(=O)=O)[C@H](c3ccco3)C2)c1. The van der Waals surface area contributed by atoms with Gasteiger partial charge in [0.1, 0.15) is 11.8 Å². The smallest absolute Gasteiger partial charge is 0.247 e. The van der Waals surface area contributed by atoms with Crippen molar-refractivity contribution in [2.24, 2.45) is 5.10 Å². The normalized spacial score (nSPS) is 18.9. The van der Waals surface area contributed by atoms with Gasteiger partial charge in [-0.25, -0.2) is 8.42 Å². The van der Waals surface area contributed by atoms with Crippen LogP contribution in [0.4, 0.5) is 0 Å². The Balaban J connectivity index is 2.01. The van der Waals surface area contributed by atoms with Crippen LogP contribution in [0.15, 0.2) is 52.2 Å². The first-order chi connectivity index (χ1) is 9.95. The van der Waals surface area contributed by atoms with E-state index in [0.717, 1.165) is 27.5 Å². The largest absolute Gasteiger partial charge is 0.467 e. The summed E-state index contributed by atoms with van der Waals surface area (Å²) in [5, 5.41) is 4.31. The average Bonchev–Trinajstić information content (AvgIpc) is 3.07. The van der Waals surface area contributed by atoms with Crippen molar-refractivity contribution in [3.63, 3.8) is 0 Å². The maximum absolute atomic E-state index is 12.0. The third-order valence-electron chi connectivity index (χ3n) is 3.44. The minimum absolute atomic E-state index is 0.412. The topological polar surface area (TPSA) is 62.9 Å². The van der Waals surface area contributed by atoms with Crippen LogP contribution in [0.5, 0.6) is 0 Å². The van der Waals surface area contributed by atoms with E-state index < -0.39 is 16.1 Å². The molecule has 21 heavy (non-hydrogen) atoms. The Hall–Kier alpha value is -2.08. The molecule has 0 radical (unpaired) electrons. The molecule has 1 atom stereocenters. The molecule has 1 aromatic heterocycles. The van der Waals surface area contributed by atoms with E-state index in [4.69, 9.17) is 4.42 Å². The number of aryl methyl sites for hydroxylation is 1. The van der Waals surface area contributed by atoms with Crippen molar-refractivity contribution < 1.29 is 12.8 Å². The maximum Gasteiger partial charge on any atom is 0.247 e. The van der Waals surface area contributed by atoms with Crippen LogP contribution >= 0.6 is 0 Å². The molecule has 0 amide bonds. The van der Waals surface area contributed by atoms with Gasteiger partial charge in [0.2, 0.25) is 10.0 Å². The first-order valence-electron chi connectivity index (χ1n) is 6.62. The number of rotatable bonds is 3. The van der Waals surface area contributed by atoms with E-state index >= 15 is 0 Å². The van der Waals surface area contributed by atoms with Gasteiger partial charge < -0.3 is 4.42 Å². The Labute approximate surface area is 123 Å². The lowest BCUT2D eigenvalue weighted by Crippen LogP contribution is -2.25. The van der Waals surface area contributed by atoms with Gasteiger partial charge in [0, 0.05) is 6.42 Å². The number of nitrogens with zero attached hydrogens (tertiary/aromatic N) is 2. The molecule has 0 N–H and O–H groups in total. The Morgan fingerprint density at radius 2 is 2.10 bits per heavy atom. The van der Waals surface area contributed by atoms with Crippen LogP contribution in [-0.2, 0) is 10.0 Å². The lowest BCUT2D eigenvalue weighted by molar-refractivity contribution is 0.322. The van der Waals surface area contributed by atoms with Gasteiger partial charge >= 0.3 is 0 Å². The molecule has 0 aliphatic carbocycles. The van der Waals surface area contributed by atoms with E-state index in [1.807, 2.05) is 31.2 Å². The van der Waals surface area contributed by atoms with Crippen molar-refractivity contribution in [2.45, 2.75) is 19.4 Å². The molecule has 0 saturated carbocycles. The van der Waals surface area contributed by atoms with Crippen LogP contribution in [0, 0.1) is 6.92 Å². The van der Waals surface area contributed by atoms with Gasteiger partial charge in [0.15, 0.2) is 0 Å². The average molecular weight is 304 g/mol. The first kappa shape index (κ1) is 13.9. The molecule has 0 spiro atoms. The second kappa shape index (κ2) is 5.04. The van der Waals surface area contributed by atoms with Gasteiger partial charge in [-0.05, 0) is 24.6 Å². The quantitative estimate of drug-likeness (QED) is 0.876. The molecule has 3 rings (SSSR count). The molecule has 0 fully saturated rings. The Kier molecular flexibility index (Phi) is 3.33. The molecule has 110 valence electrons. The maximum atomic E-state index is 12.0. The summed E-state index contributed by atoms with van der Waals surface area (Å²) in [5.41, 5.74) is 2.81. The van der Waals surface area contributed by atoms with Crippen LogP contribution in [0.1, 0.15) is 29.3 Å². The van der Waals surface area contributed by atoms with Gasteiger partial charge in [-0.3, -0.25) is 0 Å². The third-order valence-corrected chi connectivity index (χ3v) is 4.45. The van der Waals surface area contributed by atoms with Crippen molar-refractivity contribution in [2.75, 3.05) is 6.26 Å². The molecule has 0 saturated heterocycles. The van der Waals surface area contributed by atoms with E-state index in [9.17, 15) is 8.42 Å². The highest BCUT2D eigenvalue weighted by atomic mass is 32.2. The predicted molar refractivity (Wildman–Crippen MR) is 80.5 cm³/mol. The van der Waals surface area contributed by atoms with Gasteiger partial charge in [0.05, 0.1) is 18.2 Å². The van der Waals surface area contributed by atoms with Gasteiger partial charge in [-0.15, -0.1) is 0 Å². The summed E-state index contributed by atoms with van der Waals surface area (Å²) in [6.07, 6.45) is 3.20. The number of furan rings is 1. The van der Waals surface area contributed by atoms with Gasteiger partial charge in [0.25, 0.3) is 0 Å². The summed E-state index contributed by atoms with van der Waals surface area (Å²) in [4.78, 5) is 0. The van der Waals surface area contributed by atoms with Crippen LogP contribution in [0.3, 0.4) is 0 Å². The number of hydrogen-bond acceptors (Lipinski definition) is 4. The summed E-state index contributed by atoms with van der Waals surface area (Å²) in [5.74, 6) is 0.604. The van der Waals surface area contributed by atoms with E-state index in [-0.39, 0.29) is 0 Å². The molecule has 2 aromatic rings. The number of sulfonamides is 1. The molecule has 1 aliphatic rings. The molecular weight excluding hydrogens is 288 g/mol. The highest BCUT2D eigenvalue weighted by molar-refractivity contribution is 7.88. The fourth-order valence-corrected chi connectivity index (χ4v) is 3.37. The van der Waals surface area contributed by atoms with Crippen LogP contribution in [0.2, 0.25) is 0 Å². The summed E-state index contributed by atoms with van der Waals surface area (Å²) < 4.78 is 30.4. The number of benzene rings is 1. The Morgan fingerprint density at radius 3 is 2.71 bits per heavy atom. The highest BCUT2D eigenvalue weighted by Gasteiger charge is 2.36. The molecule has 1 aliphatic heterocycles. The van der Waals surface area contributed by atoms with Crippen LogP contribution in [0.25, 0.3) is 0 Å². The monoisotopic (exact) mass is 304 g/mol. The first-order valence-corrected chi connectivity index (χ1v) is 8.47. The van der Waals surface area contributed by atoms with Crippen LogP contribution < -0.4 is 0 Å². The third kappa shape index (κ3) is 2.71. The fraction of sp³-hybridized carbons (Fsp3) is 0.267. The lowest BCUT2D eigenvalue weighted by Gasteiger charge is -2.18. The minimum atomic E-state index is -3.44. The zero-order valence-corrected chi connectivity index (χ0v) is 12.7. The van der Waals surface area contributed by atoms with Crippen molar-refractivity contribution in [3.05, 3.63) is 59.5 Å². The van der Waals surface area contributed by atoms with Crippen molar-refractivity contribution in [3.8, 4) is 0 Å². The summed E-state index contributed by atoms with van der Waals surface area (Å²) in [6, 6.07) is 11.0. The predicted octanol–water partition coefficient (Wildman–Crippen LogP) is 2.70. The minimum Gasteiger partial charge on any atom is -0.467 e. The second-order valence-electron chi connectivity index (χ2n) is 5.19. The standard InChI is InChI=1S/C15H16N2O3S/c1-11-5-3-6-12(9-11)13-10-14(15-7-4-8-20-15)17(16-13)21(2,18)19/h3-9,14H,10H2,1-2H3/t14-/m0/s1. The zero-order chi connectivity index (χ0) is 15.0. The molecule has 1 aromatic carbocycles. The zero-order valence-electron chi connectivity index (χ0n) is 11.9. The molecule has 0 bridgehead atoms. The lowest BCUT2D eigenvalue weighted by atomic mass is 10.0. The fourth-order valence-electron chi connectivity index (χ4n) is 2.49. The molecule has 6 heteroatoms. The van der Waals surface area contributed by atoms with Crippen LogP contribution in [-0.4, -0.2) is 24.8 Å². The van der Waals surface area contributed by atoms with Crippen molar-refractivity contribution in [1.29, 1.82) is 0 Å². The summed E-state index contributed by atoms with van der Waals surface area (Å²) in [7, 11) is -3.44. The van der Waals surface area contributed by atoms with Crippen molar-refractivity contribution in [1.82, 2.24) is 4.41 Å². The molecule has 5 nitrogen and oxygen atoms in total.